The Hall–Kier alpha value is -2.53. The van der Waals surface area contributed by atoms with Crippen molar-refractivity contribution in [3.05, 3.63) is 70.2 Å². The zero-order chi connectivity index (χ0) is 19.2. The third-order valence-electron chi connectivity index (χ3n) is 4.66. The first-order chi connectivity index (χ1) is 13.0. The van der Waals surface area contributed by atoms with Crippen LogP contribution in [-0.4, -0.2) is 47.9 Å². The Balaban J connectivity index is 1.42. The van der Waals surface area contributed by atoms with Crippen molar-refractivity contribution >= 4 is 23.5 Å². The molecular weight excluding hydrogens is 362 g/mol. The Morgan fingerprint density at radius 2 is 1.63 bits per heavy atom. The average molecular weight is 386 g/mol. The third-order valence-corrected chi connectivity index (χ3v) is 4.91. The van der Waals surface area contributed by atoms with Gasteiger partial charge >= 0.3 is 6.03 Å². The molecule has 1 saturated heterocycles. The van der Waals surface area contributed by atoms with Gasteiger partial charge in [-0.3, -0.25) is 4.79 Å². The Bertz CT molecular complexity index is 790. The predicted octanol–water partition coefficient (Wildman–Crippen LogP) is 3.24. The maximum absolute atomic E-state index is 12.5. The van der Waals surface area contributed by atoms with E-state index >= 15 is 0 Å². The van der Waals surface area contributed by atoms with Crippen molar-refractivity contribution in [3.8, 4) is 0 Å². The second-order valence-electron chi connectivity index (χ2n) is 6.84. The minimum Gasteiger partial charge on any atom is -0.354 e. The molecule has 6 heteroatoms. The third kappa shape index (κ3) is 5.47. The smallest absolute Gasteiger partial charge is 0.320 e. The van der Waals surface area contributed by atoms with E-state index in [1.807, 2.05) is 55.5 Å². The van der Waals surface area contributed by atoms with Crippen molar-refractivity contribution in [3.63, 3.8) is 0 Å². The molecule has 3 rings (SSSR count). The van der Waals surface area contributed by atoms with Gasteiger partial charge in [0.05, 0.1) is 0 Å². The molecule has 0 saturated carbocycles. The highest BCUT2D eigenvalue weighted by Gasteiger charge is 2.29. The van der Waals surface area contributed by atoms with Crippen molar-refractivity contribution in [2.45, 2.75) is 19.9 Å². The normalized spacial score (nSPS) is 13.9. The second-order valence-corrected chi connectivity index (χ2v) is 7.27. The van der Waals surface area contributed by atoms with Crippen molar-refractivity contribution < 1.29 is 9.59 Å². The van der Waals surface area contributed by atoms with Gasteiger partial charge in [-0.05, 0) is 36.6 Å². The number of carbonyl (C=O) groups excluding carboxylic acids is 2. The molecule has 1 aliphatic heterocycles. The number of hydrogen-bond donors (Lipinski definition) is 1. The summed E-state index contributed by atoms with van der Waals surface area (Å²) in [5.74, 6) is -0.130. The molecule has 0 radical (unpaired) electrons. The number of benzene rings is 2. The van der Waals surface area contributed by atoms with E-state index in [-0.39, 0.29) is 18.5 Å². The van der Waals surface area contributed by atoms with E-state index in [1.165, 1.54) is 5.56 Å². The summed E-state index contributed by atoms with van der Waals surface area (Å²) in [4.78, 5) is 28.0. The standard InChI is InChI=1S/C21H24ClN3O2/c1-16-2-4-18(5-3-16)14-24-12-13-25(21(24)27)15-20(26)23-11-10-17-6-8-19(22)9-7-17/h2-9H,10-15H2,1H3,(H,23,26). The Kier molecular flexibility index (Phi) is 6.35. The van der Waals surface area contributed by atoms with Crippen LogP contribution in [0.3, 0.4) is 0 Å². The number of amides is 3. The van der Waals surface area contributed by atoms with Crippen molar-refractivity contribution in [1.29, 1.82) is 0 Å². The minimum absolute atomic E-state index is 0.0802. The summed E-state index contributed by atoms with van der Waals surface area (Å²) in [5, 5.41) is 3.58. The van der Waals surface area contributed by atoms with Crippen LogP contribution in [0.2, 0.25) is 5.02 Å². The van der Waals surface area contributed by atoms with Crippen molar-refractivity contribution in [2.24, 2.45) is 0 Å². The monoisotopic (exact) mass is 385 g/mol. The summed E-state index contributed by atoms with van der Waals surface area (Å²) in [5.41, 5.74) is 3.41. The molecule has 27 heavy (non-hydrogen) atoms. The molecule has 0 aliphatic carbocycles. The Morgan fingerprint density at radius 1 is 1.00 bits per heavy atom. The lowest BCUT2D eigenvalue weighted by molar-refractivity contribution is -0.121. The number of nitrogens with zero attached hydrogens (tertiary/aromatic N) is 2. The van der Waals surface area contributed by atoms with Crippen LogP contribution < -0.4 is 5.32 Å². The molecule has 1 N–H and O–H groups in total. The van der Waals surface area contributed by atoms with Gasteiger partial charge in [0.1, 0.15) is 6.54 Å². The molecule has 5 nitrogen and oxygen atoms in total. The fourth-order valence-electron chi connectivity index (χ4n) is 3.07. The lowest BCUT2D eigenvalue weighted by Crippen LogP contribution is -2.40. The molecule has 2 aromatic rings. The number of halogens is 1. The highest BCUT2D eigenvalue weighted by atomic mass is 35.5. The van der Waals surface area contributed by atoms with Crippen molar-refractivity contribution in [2.75, 3.05) is 26.2 Å². The molecule has 1 aliphatic rings. The molecule has 0 spiro atoms. The van der Waals surface area contributed by atoms with E-state index in [2.05, 4.69) is 5.32 Å². The molecule has 142 valence electrons. The average Bonchev–Trinajstić information content (AvgIpc) is 2.98. The van der Waals surface area contributed by atoms with Crippen LogP contribution in [0.1, 0.15) is 16.7 Å². The number of aryl methyl sites for hydroxylation is 1. The van der Waals surface area contributed by atoms with Gasteiger partial charge in [-0.15, -0.1) is 0 Å². The first-order valence-corrected chi connectivity index (χ1v) is 9.49. The van der Waals surface area contributed by atoms with Crippen LogP contribution in [0.25, 0.3) is 0 Å². The predicted molar refractivity (Wildman–Crippen MR) is 107 cm³/mol. The summed E-state index contributed by atoms with van der Waals surface area (Å²) >= 11 is 5.86. The maximum atomic E-state index is 12.5. The van der Waals surface area contributed by atoms with E-state index in [1.54, 1.807) is 9.80 Å². The largest absolute Gasteiger partial charge is 0.354 e. The number of nitrogens with one attached hydrogen (secondary N) is 1. The van der Waals surface area contributed by atoms with Crippen LogP contribution in [0, 0.1) is 6.92 Å². The lowest BCUT2D eigenvalue weighted by atomic mass is 10.1. The van der Waals surface area contributed by atoms with Gasteiger partial charge in [0, 0.05) is 31.2 Å². The number of urea groups is 1. The number of carbonyl (C=O) groups is 2. The van der Waals surface area contributed by atoms with Crippen molar-refractivity contribution in [1.82, 2.24) is 15.1 Å². The van der Waals surface area contributed by atoms with Crippen LogP contribution in [0.5, 0.6) is 0 Å². The highest BCUT2D eigenvalue weighted by Crippen LogP contribution is 2.14. The first kappa shape index (κ1) is 19.2. The minimum atomic E-state index is -0.130. The summed E-state index contributed by atoms with van der Waals surface area (Å²) in [6, 6.07) is 15.6. The van der Waals surface area contributed by atoms with E-state index in [0.29, 0.717) is 31.2 Å². The Labute approximate surface area is 164 Å². The summed E-state index contributed by atoms with van der Waals surface area (Å²) < 4.78 is 0. The van der Waals surface area contributed by atoms with Gasteiger partial charge in [0.15, 0.2) is 0 Å². The van der Waals surface area contributed by atoms with Gasteiger partial charge < -0.3 is 15.1 Å². The molecule has 1 heterocycles. The molecule has 0 unspecified atom stereocenters. The van der Waals surface area contributed by atoms with Gasteiger partial charge in [-0.25, -0.2) is 4.79 Å². The molecule has 0 atom stereocenters. The second kappa shape index (κ2) is 8.91. The van der Waals surface area contributed by atoms with Gasteiger partial charge in [0.25, 0.3) is 0 Å². The van der Waals surface area contributed by atoms with E-state index in [9.17, 15) is 9.59 Å². The van der Waals surface area contributed by atoms with Gasteiger partial charge in [-0.1, -0.05) is 53.6 Å². The first-order valence-electron chi connectivity index (χ1n) is 9.12. The fraction of sp³-hybridized carbons (Fsp3) is 0.333. The molecule has 0 bridgehead atoms. The van der Waals surface area contributed by atoms with E-state index in [4.69, 9.17) is 11.6 Å². The topological polar surface area (TPSA) is 52.6 Å². The van der Waals surface area contributed by atoms with E-state index < -0.39 is 0 Å². The van der Waals surface area contributed by atoms with E-state index in [0.717, 1.165) is 17.5 Å². The van der Waals surface area contributed by atoms with Crippen LogP contribution in [0.4, 0.5) is 4.79 Å². The number of hydrogen-bond acceptors (Lipinski definition) is 2. The molecule has 3 amide bonds. The SMILES string of the molecule is Cc1ccc(CN2CCN(CC(=O)NCCc3ccc(Cl)cc3)C2=O)cc1. The number of rotatable bonds is 7. The lowest BCUT2D eigenvalue weighted by Gasteiger charge is -2.18. The molecule has 2 aromatic carbocycles. The highest BCUT2D eigenvalue weighted by molar-refractivity contribution is 6.30. The zero-order valence-corrected chi connectivity index (χ0v) is 16.2. The zero-order valence-electron chi connectivity index (χ0n) is 15.5. The van der Waals surface area contributed by atoms with Crippen LogP contribution >= 0.6 is 11.6 Å². The summed E-state index contributed by atoms with van der Waals surface area (Å²) in [7, 11) is 0. The Morgan fingerprint density at radius 3 is 2.33 bits per heavy atom. The summed E-state index contributed by atoms with van der Waals surface area (Å²) in [6.07, 6.45) is 0.733. The maximum Gasteiger partial charge on any atom is 0.320 e. The molecule has 0 aromatic heterocycles. The van der Waals surface area contributed by atoms with Gasteiger partial charge in [0.2, 0.25) is 5.91 Å². The van der Waals surface area contributed by atoms with Gasteiger partial charge in [-0.2, -0.15) is 0 Å². The molecular formula is C21H24ClN3O2. The quantitative estimate of drug-likeness (QED) is 0.795. The van der Waals surface area contributed by atoms with Crippen LogP contribution in [-0.2, 0) is 17.8 Å². The fourth-order valence-corrected chi connectivity index (χ4v) is 3.19. The van der Waals surface area contributed by atoms with Crippen LogP contribution in [0.15, 0.2) is 48.5 Å². The molecule has 1 fully saturated rings. The summed E-state index contributed by atoms with van der Waals surface area (Å²) in [6.45, 7) is 4.48.